The van der Waals surface area contributed by atoms with Crippen molar-refractivity contribution in [1.82, 2.24) is 0 Å². The molecule has 1 aromatic carbocycles. The van der Waals surface area contributed by atoms with Gasteiger partial charge in [0.05, 0.1) is 15.7 Å². The predicted molar refractivity (Wildman–Crippen MR) is 72.3 cm³/mol. The van der Waals surface area contributed by atoms with Gasteiger partial charge in [0, 0.05) is 6.54 Å². The van der Waals surface area contributed by atoms with Crippen LogP contribution in [0.2, 0.25) is 10.0 Å². The Morgan fingerprint density at radius 1 is 1.25 bits per heavy atom. The Bertz CT molecular complexity index is 320. The van der Waals surface area contributed by atoms with E-state index in [0.717, 1.165) is 12.2 Å². The topological polar surface area (TPSA) is 38.0 Å². The Morgan fingerprint density at radius 3 is 2.25 bits per heavy atom. The first kappa shape index (κ1) is 13.6. The molecular weight excluding hydrogens is 243 g/mol. The van der Waals surface area contributed by atoms with Crippen molar-refractivity contribution in [2.45, 2.75) is 13.8 Å². The fourth-order valence-corrected chi connectivity index (χ4v) is 2.02. The zero-order chi connectivity index (χ0) is 12.1. The summed E-state index contributed by atoms with van der Waals surface area (Å²) in [7, 11) is 0. The highest BCUT2D eigenvalue weighted by Gasteiger charge is 2.12. The van der Waals surface area contributed by atoms with E-state index in [1.165, 1.54) is 0 Å². The number of hydrogen-bond donors (Lipinski definition) is 2. The minimum absolute atomic E-state index is 0.423. The highest BCUT2D eigenvalue weighted by atomic mass is 35.5. The van der Waals surface area contributed by atoms with Gasteiger partial charge in [0.15, 0.2) is 0 Å². The van der Waals surface area contributed by atoms with Crippen molar-refractivity contribution in [3.8, 4) is 0 Å². The number of halogens is 2. The van der Waals surface area contributed by atoms with Crippen LogP contribution in [0, 0.1) is 11.8 Å². The van der Waals surface area contributed by atoms with Gasteiger partial charge >= 0.3 is 0 Å². The molecule has 1 rings (SSSR count). The predicted octanol–water partition coefficient (Wildman–Crippen LogP) is 3.64. The first-order valence-electron chi connectivity index (χ1n) is 5.44. The van der Waals surface area contributed by atoms with Crippen molar-refractivity contribution in [3.63, 3.8) is 0 Å². The van der Waals surface area contributed by atoms with Crippen LogP contribution in [0.1, 0.15) is 13.8 Å². The number of benzene rings is 1. The highest BCUT2D eigenvalue weighted by Crippen LogP contribution is 2.30. The molecule has 0 aliphatic rings. The van der Waals surface area contributed by atoms with Crippen molar-refractivity contribution in [3.05, 3.63) is 28.2 Å². The molecule has 0 saturated heterocycles. The van der Waals surface area contributed by atoms with Crippen molar-refractivity contribution < 1.29 is 0 Å². The third-order valence-electron chi connectivity index (χ3n) is 2.75. The van der Waals surface area contributed by atoms with Gasteiger partial charge in [-0.05, 0) is 30.5 Å². The van der Waals surface area contributed by atoms with Crippen LogP contribution in [0.15, 0.2) is 18.2 Å². The van der Waals surface area contributed by atoms with Gasteiger partial charge in [0.1, 0.15) is 0 Å². The fourth-order valence-electron chi connectivity index (χ4n) is 1.49. The highest BCUT2D eigenvalue weighted by molar-refractivity contribution is 6.39. The lowest BCUT2D eigenvalue weighted by atomic mass is 9.96. The Morgan fingerprint density at radius 2 is 1.81 bits per heavy atom. The zero-order valence-corrected chi connectivity index (χ0v) is 11.1. The summed E-state index contributed by atoms with van der Waals surface area (Å²) in [4.78, 5) is 0. The van der Waals surface area contributed by atoms with Crippen LogP contribution in [0.5, 0.6) is 0 Å². The maximum Gasteiger partial charge on any atom is 0.0719 e. The Balaban J connectivity index is 2.67. The third-order valence-corrected chi connectivity index (χ3v) is 3.38. The third kappa shape index (κ3) is 3.55. The van der Waals surface area contributed by atoms with Gasteiger partial charge in [-0.25, -0.2) is 0 Å². The van der Waals surface area contributed by atoms with Crippen LogP contribution in [-0.2, 0) is 0 Å². The molecule has 90 valence electrons. The molecule has 0 aliphatic carbocycles. The first-order chi connectivity index (χ1) is 7.56. The Kier molecular flexibility index (Phi) is 5.39. The zero-order valence-electron chi connectivity index (χ0n) is 9.63. The molecule has 0 spiro atoms. The molecule has 1 unspecified atom stereocenters. The average Bonchev–Trinajstić information content (AvgIpc) is 2.22. The first-order valence-corrected chi connectivity index (χ1v) is 6.19. The second-order valence-corrected chi connectivity index (χ2v) is 5.03. The summed E-state index contributed by atoms with van der Waals surface area (Å²) in [6.45, 7) is 5.77. The van der Waals surface area contributed by atoms with Gasteiger partial charge in [0.2, 0.25) is 0 Å². The Hall–Kier alpha value is -0.440. The molecule has 0 aliphatic heterocycles. The number of nitrogens with one attached hydrogen (secondary N) is 1. The molecule has 0 saturated carbocycles. The lowest BCUT2D eigenvalue weighted by molar-refractivity contribution is 0.413. The van der Waals surface area contributed by atoms with Crippen LogP contribution >= 0.6 is 23.2 Å². The molecule has 1 aromatic rings. The van der Waals surface area contributed by atoms with Crippen molar-refractivity contribution in [2.75, 3.05) is 18.4 Å². The second-order valence-electron chi connectivity index (χ2n) is 4.22. The molecule has 4 heteroatoms. The van der Waals surface area contributed by atoms with Crippen LogP contribution in [0.25, 0.3) is 0 Å². The fraction of sp³-hybridized carbons (Fsp3) is 0.500. The number of hydrogen-bond acceptors (Lipinski definition) is 2. The van der Waals surface area contributed by atoms with Crippen molar-refractivity contribution in [2.24, 2.45) is 17.6 Å². The van der Waals surface area contributed by atoms with Crippen LogP contribution < -0.4 is 11.1 Å². The van der Waals surface area contributed by atoms with E-state index >= 15 is 0 Å². The standard InChI is InChI=1S/C12H18Cl2N2/c1-8(2)9(6-15)7-16-12-10(13)4-3-5-11(12)14/h3-5,8-9,16H,6-7,15H2,1-2H3. The van der Waals surface area contributed by atoms with Crippen LogP contribution in [-0.4, -0.2) is 13.1 Å². The molecule has 16 heavy (non-hydrogen) atoms. The molecule has 0 amide bonds. The van der Waals surface area contributed by atoms with Gasteiger partial charge in [-0.3, -0.25) is 0 Å². The lowest BCUT2D eigenvalue weighted by Crippen LogP contribution is -2.27. The number of anilines is 1. The average molecular weight is 261 g/mol. The summed E-state index contributed by atoms with van der Waals surface area (Å²) in [5.41, 5.74) is 6.50. The van der Waals surface area contributed by atoms with E-state index < -0.39 is 0 Å². The summed E-state index contributed by atoms with van der Waals surface area (Å²) >= 11 is 12.1. The van der Waals surface area contributed by atoms with Crippen LogP contribution in [0.4, 0.5) is 5.69 Å². The lowest BCUT2D eigenvalue weighted by Gasteiger charge is -2.20. The van der Waals surface area contributed by atoms with E-state index in [0.29, 0.717) is 28.4 Å². The molecule has 0 bridgehead atoms. The van der Waals surface area contributed by atoms with E-state index in [1.54, 1.807) is 0 Å². The monoisotopic (exact) mass is 260 g/mol. The normalized spacial score (nSPS) is 12.9. The molecule has 0 fully saturated rings. The molecule has 0 radical (unpaired) electrons. The van der Waals surface area contributed by atoms with Gasteiger partial charge in [-0.15, -0.1) is 0 Å². The van der Waals surface area contributed by atoms with Crippen LogP contribution in [0.3, 0.4) is 0 Å². The number of para-hydroxylation sites is 1. The van der Waals surface area contributed by atoms with Crippen molar-refractivity contribution >= 4 is 28.9 Å². The molecular formula is C12H18Cl2N2. The Labute approximate surface area is 107 Å². The summed E-state index contributed by atoms with van der Waals surface area (Å²) in [6.07, 6.45) is 0. The second kappa shape index (κ2) is 6.33. The van der Waals surface area contributed by atoms with Gasteiger partial charge in [-0.1, -0.05) is 43.1 Å². The quantitative estimate of drug-likeness (QED) is 0.849. The van der Waals surface area contributed by atoms with Crippen molar-refractivity contribution in [1.29, 1.82) is 0 Å². The molecule has 0 aromatic heterocycles. The number of nitrogens with two attached hydrogens (primary N) is 1. The maximum atomic E-state index is 6.06. The largest absolute Gasteiger partial charge is 0.382 e. The molecule has 3 N–H and O–H groups in total. The summed E-state index contributed by atoms with van der Waals surface area (Å²) in [5.74, 6) is 0.964. The summed E-state index contributed by atoms with van der Waals surface area (Å²) in [6, 6.07) is 5.48. The smallest absolute Gasteiger partial charge is 0.0719 e. The van der Waals surface area contributed by atoms with E-state index in [-0.39, 0.29) is 0 Å². The van der Waals surface area contributed by atoms with E-state index in [2.05, 4.69) is 19.2 Å². The van der Waals surface area contributed by atoms with E-state index in [9.17, 15) is 0 Å². The molecule has 2 nitrogen and oxygen atoms in total. The van der Waals surface area contributed by atoms with Gasteiger partial charge in [0.25, 0.3) is 0 Å². The van der Waals surface area contributed by atoms with Gasteiger partial charge < -0.3 is 11.1 Å². The summed E-state index contributed by atoms with van der Waals surface area (Å²) in [5, 5.41) is 4.56. The van der Waals surface area contributed by atoms with Gasteiger partial charge in [-0.2, -0.15) is 0 Å². The van der Waals surface area contributed by atoms with E-state index in [1.807, 2.05) is 18.2 Å². The molecule has 1 atom stereocenters. The van der Waals surface area contributed by atoms with E-state index in [4.69, 9.17) is 28.9 Å². The maximum absolute atomic E-state index is 6.06. The number of rotatable bonds is 5. The minimum atomic E-state index is 0.423. The minimum Gasteiger partial charge on any atom is -0.382 e. The molecule has 0 heterocycles. The summed E-state index contributed by atoms with van der Waals surface area (Å²) < 4.78 is 0. The SMILES string of the molecule is CC(C)C(CN)CNc1c(Cl)cccc1Cl.